The molecule has 2 fully saturated rings. The van der Waals surface area contributed by atoms with E-state index in [0.717, 1.165) is 32.7 Å². The van der Waals surface area contributed by atoms with Crippen LogP contribution in [0.25, 0.3) is 0 Å². The minimum atomic E-state index is -0.0270. The number of nitrogens with zero attached hydrogens (tertiary/aromatic N) is 3. The third-order valence-corrected chi connectivity index (χ3v) is 4.49. The maximum Gasteiger partial charge on any atom is 0.276 e. The van der Waals surface area contributed by atoms with Gasteiger partial charge < -0.3 is 19.1 Å². The van der Waals surface area contributed by atoms with Crippen LogP contribution in [0.3, 0.4) is 0 Å². The fourth-order valence-electron chi connectivity index (χ4n) is 3.39. The average molecular weight is 293 g/mol. The van der Waals surface area contributed by atoms with Crippen molar-refractivity contribution in [2.45, 2.75) is 19.4 Å². The van der Waals surface area contributed by atoms with Crippen LogP contribution in [0.2, 0.25) is 0 Å². The Morgan fingerprint density at radius 1 is 1.52 bits per heavy atom. The molecule has 3 rings (SSSR count). The first-order chi connectivity index (χ1) is 10.0. The van der Waals surface area contributed by atoms with E-state index in [1.165, 1.54) is 0 Å². The van der Waals surface area contributed by atoms with Crippen LogP contribution >= 0.6 is 0 Å². The topological polar surface area (TPSA) is 58.8 Å². The molecule has 116 valence electrons. The van der Waals surface area contributed by atoms with Crippen LogP contribution in [-0.4, -0.2) is 67.3 Å². The molecule has 0 aliphatic carbocycles. The second-order valence-electron chi connectivity index (χ2n) is 6.42. The van der Waals surface area contributed by atoms with Gasteiger partial charge in [-0.2, -0.15) is 0 Å². The second kappa shape index (κ2) is 5.77. The van der Waals surface area contributed by atoms with Crippen molar-refractivity contribution in [1.82, 2.24) is 15.0 Å². The highest BCUT2D eigenvalue weighted by atomic mass is 16.5. The Morgan fingerprint density at radius 2 is 2.33 bits per heavy atom. The first-order valence-corrected chi connectivity index (χ1v) is 7.53. The number of ether oxygens (including phenoxy) is 1. The Morgan fingerprint density at radius 3 is 3.00 bits per heavy atom. The molecule has 0 unspecified atom stereocenters. The molecule has 1 amide bonds. The van der Waals surface area contributed by atoms with E-state index in [1.54, 1.807) is 13.0 Å². The summed E-state index contributed by atoms with van der Waals surface area (Å²) in [6, 6.07) is 1.71. The number of hydrogen-bond donors (Lipinski definition) is 0. The Balaban J connectivity index is 1.68. The molecule has 2 aliphatic rings. The Hall–Kier alpha value is -1.40. The lowest BCUT2D eigenvalue weighted by molar-refractivity contribution is 0.0466. The van der Waals surface area contributed by atoms with Crippen LogP contribution in [0, 0.1) is 18.8 Å². The Bertz CT molecular complexity index is 514. The number of hydrogen-bond acceptors (Lipinski definition) is 5. The van der Waals surface area contributed by atoms with Crippen LogP contribution in [0.4, 0.5) is 0 Å². The SMILES string of the molecule is Cc1cc(C(=O)N2CC[C@@H]3CO[C@@H](CN(C)C)[C@@H]3C2)no1. The fourth-order valence-corrected chi connectivity index (χ4v) is 3.39. The van der Waals surface area contributed by atoms with Gasteiger partial charge in [0.1, 0.15) is 5.76 Å². The summed E-state index contributed by atoms with van der Waals surface area (Å²) in [5, 5.41) is 3.84. The molecule has 0 N–H and O–H groups in total. The molecule has 0 aromatic carbocycles. The van der Waals surface area contributed by atoms with E-state index in [1.807, 2.05) is 4.90 Å². The number of amides is 1. The van der Waals surface area contributed by atoms with Crippen molar-refractivity contribution in [3.8, 4) is 0 Å². The molecule has 2 saturated heterocycles. The number of aryl methyl sites for hydroxylation is 1. The lowest BCUT2D eigenvalue weighted by Gasteiger charge is -2.36. The van der Waals surface area contributed by atoms with Crippen molar-refractivity contribution >= 4 is 5.91 Å². The van der Waals surface area contributed by atoms with Gasteiger partial charge >= 0.3 is 0 Å². The average Bonchev–Trinajstić information content (AvgIpc) is 3.04. The molecule has 1 aromatic rings. The van der Waals surface area contributed by atoms with Crippen molar-refractivity contribution < 1.29 is 14.1 Å². The standard InChI is InChI=1S/C15H23N3O3/c1-10-6-13(16-21-10)15(19)18-5-4-11-9-20-14(8-17(2)3)12(11)7-18/h6,11-12,14H,4-5,7-9H2,1-3H3/t11-,12-,14+/m1/s1. The summed E-state index contributed by atoms with van der Waals surface area (Å²) in [6.07, 6.45) is 1.23. The molecular formula is C15H23N3O3. The van der Waals surface area contributed by atoms with Gasteiger partial charge in [-0.1, -0.05) is 5.16 Å². The molecule has 3 atom stereocenters. The van der Waals surface area contributed by atoms with Gasteiger partial charge in [0.2, 0.25) is 0 Å². The van der Waals surface area contributed by atoms with Gasteiger partial charge in [0.25, 0.3) is 5.91 Å². The van der Waals surface area contributed by atoms with Gasteiger partial charge in [-0.25, -0.2) is 0 Å². The van der Waals surface area contributed by atoms with Gasteiger partial charge in [0.05, 0.1) is 12.7 Å². The quantitative estimate of drug-likeness (QED) is 0.833. The van der Waals surface area contributed by atoms with Crippen LogP contribution in [0.5, 0.6) is 0 Å². The number of carbonyl (C=O) groups is 1. The summed E-state index contributed by atoms with van der Waals surface area (Å²) in [5.74, 6) is 1.65. The summed E-state index contributed by atoms with van der Waals surface area (Å²) in [6.45, 7) is 5.08. The molecule has 6 heteroatoms. The second-order valence-corrected chi connectivity index (χ2v) is 6.42. The Labute approximate surface area is 125 Å². The van der Waals surface area contributed by atoms with Gasteiger partial charge in [0.15, 0.2) is 5.69 Å². The summed E-state index contributed by atoms with van der Waals surface area (Å²) in [4.78, 5) is 16.5. The predicted octanol–water partition coefficient (Wildman–Crippen LogP) is 1.02. The molecule has 2 aliphatic heterocycles. The van der Waals surface area contributed by atoms with Gasteiger partial charge in [0, 0.05) is 31.6 Å². The van der Waals surface area contributed by atoms with Crippen molar-refractivity contribution in [2.75, 3.05) is 40.3 Å². The lowest BCUT2D eigenvalue weighted by atomic mass is 9.84. The minimum Gasteiger partial charge on any atom is -0.376 e. The summed E-state index contributed by atoms with van der Waals surface area (Å²) < 4.78 is 10.9. The number of carbonyl (C=O) groups excluding carboxylic acids is 1. The van der Waals surface area contributed by atoms with Crippen LogP contribution < -0.4 is 0 Å². The number of likely N-dealkylation sites (tertiary alicyclic amines) is 1. The zero-order chi connectivity index (χ0) is 15.0. The number of fused-ring (bicyclic) bond motifs is 1. The van der Waals surface area contributed by atoms with E-state index in [9.17, 15) is 4.79 Å². The lowest BCUT2D eigenvalue weighted by Crippen LogP contribution is -2.47. The van der Waals surface area contributed by atoms with Gasteiger partial charge in [-0.05, 0) is 33.4 Å². The summed E-state index contributed by atoms with van der Waals surface area (Å²) in [7, 11) is 4.11. The zero-order valence-corrected chi connectivity index (χ0v) is 12.9. The molecule has 21 heavy (non-hydrogen) atoms. The number of aromatic nitrogens is 1. The molecule has 0 saturated carbocycles. The van der Waals surface area contributed by atoms with Crippen LogP contribution in [0.15, 0.2) is 10.6 Å². The highest BCUT2D eigenvalue weighted by molar-refractivity contribution is 5.92. The monoisotopic (exact) mass is 293 g/mol. The van der Waals surface area contributed by atoms with Crippen molar-refractivity contribution in [3.05, 3.63) is 17.5 Å². The maximum absolute atomic E-state index is 12.5. The number of likely N-dealkylation sites (N-methyl/N-ethyl adjacent to an activating group) is 1. The van der Waals surface area contributed by atoms with Crippen LogP contribution in [0.1, 0.15) is 22.7 Å². The van der Waals surface area contributed by atoms with E-state index < -0.39 is 0 Å². The Kier molecular flexibility index (Phi) is 3.99. The van der Waals surface area contributed by atoms with E-state index in [-0.39, 0.29) is 12.0 Å². The minimum absolute atomic E-state index is 0.0270. The van der Waals surface area contributed by atoms with E-state index >= 15 is 0 Å². The third kappa shape index (κ3) is 2.96. The highest BCUT2D eigenvalue weighted by Gasteiger charge is 2.42. The van der Waals surface area contributed by atoms with Crippen molar-refractivity contribution in [1.29, 1.82) is 0 Å². The zero-order valence-electron chi connectivity index (χ0n) is 12.9. The highest BCUT2D eigenvalue weighted by Crippen LogP contribution is 2.34. The van der Waals surface area contributed by atoms with E-state index in [4.69, 9.17) is 9.26 Å². The van der Waals surface area contributed by atoms with Crippen LogP contribution in [-0.2, 0) is 4.74 Å². The number of rotatable bonds is 3. The first kappa shape index (κ1) is 14.5. The molecule has 0 bridgehead atoms. The third-order valence-electron chi connectivity index (χ3n) is 4.49. The maximum atomic E-state index is 12.5. The van der Waals surface area contributed by atoms with Crippen molar-refractivity contribution in [3.63, 3.8) is 0 Å². The summed E-state index contributed by atoms with van der Waals surface area (Å²) >= 11 is 0. The molecule has 0 spiro atoms. The normalized spacial score (nSPS) is 29.0. The van der Waals surface area contributed by atoms with Gasteiger partial charge in [-0.15, -0.1) is 0 Å². The van der Waals surface area contributed by atoms with E-state index in [0.29, 0.717) is 23.3 Å². The molecule has 1 aromatic heterocycles. The predicted molar refractivity (Wildman–Crippen MR) is 77.0 cm³/mol. The fraction of sp³-hybridized carbons (Fsp3) is 0.733. The van der Waals surface area contributed by atoms with Gasteiger partial charge in [-0.3, -0.25) is 4.79 Å². The molecule has 6 nitrogen and oxygen atoms in total. The molecule has 3 heterocycles. The smallest absolute Gasteiger partial charge is 0.276 e. The van der Waals surface area contributed by atoms with E-state index in [2.05, 4.69) is 24.2 Å². The summed E-state index contributed by atoms with van der Waals surface area (Å²) in [5.41, 5.74) is 0.411. The number of piperidine rings is 1. The largest absolute Gasteiger partial charge is 0.376 e. The molecule has 0 radical (unpaired) electrons. The molecular weight excluding hydrogens is 270 g/mol. The first-order valence-electron chi connectivity index (χ1n) is 7.53. The van der Waals surface area contributed by atoms with Crippen molar-refractivity contribution in [2.24, 2.45) is 11.8 Å².